The van der Waals surface area contributed by atoms with E-state index in [-0.39, 0.29) is 36.0 Å². The van der Waals surface area contributed by atoms with Gasteiger partial charge in [-0.2, -0.15) is 0 Å². The molecule has 0 bridgehead atoms. The fourth-order valence-corrected chi connectivity index (χ4v) is 2.69. The van der Waals surface area contributed by atoms with Crippen LogP contribution in [0.3, 0.4) is 0 Å². The van der Waals surface area contributed by atoms with Gasteiger partial charge in [-0.05, 0) is 31.4 Å². The van der Waals surface area contributed by atoms with E-state index in [2.05, 4.69) is 0 Å². The van der Waals surface area contributed by atoms with Gasteiger partial charge in [-0.3, -0.25) is 4.79 Å². The normalized spacial score (nSPS) is 21.8. The SMILES string of the molecule is COC1CCN(C(=O)c2cccc(C)c2F)C(CN)C1.Cl. The monoisotopic (exact) mass is 316 g/mol. The van der Waals surface area contributed by atoms with Crippen molar-refractivity contribution in [1.29, 1.82) is 0 Å². The number of benzene rings is 1. The zero-order chi connectivity index (χ0) is 14.7. The molecule has 6 heteroatoms. The molecule has 0 aromatic heterocycles. The molecule has 0 saturated carbocycles. The number of carbonyl (C=O) groups is 1. The van der Waals surface area contributed by atoms with E-state index in [0.29, 0.717) is 25.1 Å². The van der Waals surface area contributed by atoms with E-state index in [1.54, 1.807) is 31.1 Å². The summed E-state index contributed by atoms with van der Waals surface area (Å²) in [6, 6.07) is 4.79. The summed E-state index contributed by atoms with van der Waals surface area (Å²) in [5, 5.41) is 0. The number of methoxy groups -OCH3 is 1. The van der Waals surface area contributed by atoms with E-state index in [0.717, 1.165) is 6.42 Å². The van der Waals surface area contributed by atoms with Gasteiger partial charge in [0.1, 0.15) is 5.82 Å². The summed E-state index contributed by atoms with van der Waals surface area (Å²) in [4.78, 5) is 14.2. The van der Waals surface area contributed by atoms with Crippen molar-refractivity contribution in [3.8, 4) is 0 Å². The summed E-state index contributed by atoms with van der Waals surface area (Å²) >= 11 is 0. The summed E-state index contributed by atoms with van der Waals surface area (Å²) < 4.78 is 19.4. The van der Waals surface area contributed by atoms with Crippen LogP contribution in [0.15, 0.2) is 18.2 Å². The number of amides is 1. The van der Waals surface area contributed by atoms with Crippen LogP contribution >= 0.6 is 12.4 Å². The summed E-state index contributed by atoms with van der Waals surface area (Å²) in [5.41, 5.74) is 6.35. The number of aryl methyl sites for hydroxylation is 1. The molecule has 1 aromatic rings. The van der Waals surface area contributed by atoms with Crippen molar-refractivity contribution in [3.63, 3.8) is 0 Å². The first-order valence-electron chi connectivity index (χ1n) is 6.87. The van der Waals surface area contributed by atoms with E-state index < -0.39 is 5.82 Å². The van der Waals surface area contributed by atoms with Crippen LogP contribution in [-0.4, -0.2) is 43.2 Å². The van der Waals surface area contributed by atoms with Crippen LogP contribution in [0.2, 0.25) is 0 Å². The third-order valence-corrected chi connectivity index (χ3v) is 3.96. The average Bonchev–Trinajstić information content (AvgIpc) is 2.48. The molecule has 0 radical (unpaired) electrons. The molecule has 0 spiro atoms. The Labute approximate surface area is 130 Å². The quantitative estimate of drug-likeness (QED) is 0.929. The van der Waals surface area contributed by atoms with Crippen molar-refractivity contribution >= 4 is 18.3 Å². The number of halogens is 2. The van der Waals surface area contributed by atoms with Gasteiger partial charge in [0, 0.05) is 26.2 Å². The second-order valence-electron chi connectivity index (χ2n) is 5.21. The zero-order valence-corrected chi connectivity index (χ0v) is 13.2. The molecule has 2 rings (SSSR count). The van der Waals surface area contributed by atoms with E-state index in [1.807, 2.05) is 0 Å². The maximum atomic E-state index is 14.1. The molecule has 2 unspecified atom stereocenters. The summed E-state index contributed by atoms with van der Waals surface area (Å²) in [6.45, 7) is 2.56. The fraction of sp³-hybridized carbons (Fsp3) is 0.533. The zero-order valence-electron chi connectivity index (χ0n) is 12.3. The molecular weight excluding hydrogens is 295 g/mol. The first-order valence-corrected chi connectivity index (χ1v) is 6.87. The summed E-state index contributed by atoms with van der Waals surface area (Å²) in [5.74, 6) is -0.724. The Kier molecular flexibility index (Phi) is 6.58. The number of nitrogens with two attached hydrogens (primary N) is 1. The number of piperidine rings is 1. The molecule has 2 N–H and O–H groups in total. The fourth-order valence-electron chi connectivity index (χ4n) is 2.69. The molecule has 0 aliphatic carbocycles. The number of rotatable bonds is 3. The molecule has 1 saturated heterocycles. The number of likely N-dealkylation sites (tertiary alicyclic amines) is 1. The Balaban J connectivity index is 0.00000220. The number of carbonyl (C=O) groups excluding carboxylic acids is 1. The molecule has 118 valence electrons. The van der Waals surface area contributed by atoms with Crippen molar-refractivity contribution in [1.82, 2.24) is 4.90 Å². The van der Waals surface area contributed by atoms with Gasteiger partial charge in [0.15, 0.2) is 0 Å². The Morgan fingerprint density at radius 2 is 2.24 bits per heavy atom. The summed E-state index contributed by atoms with van der Waals surface area (Å²) in [6.07, 6.45) is 1.58. The lowest BCUT2D eigenvalue weighted by atomic mass is 9.97. The van der Waals surface area contributed by atoms with Crippen molar-refractivity contribution in [2.24, 2.45) is 5.73 Å². The smallest absolute Gasteiger partial charge is 0.257 e. The van der Waals surface area contributed by atoms with Gasteiger partial charge in [0.25, 0.3) is 5.91 Å². The third kappa shape index (κ3) is 3.73. The Morgan fingerprint density at radius 3 is 2.86 bits per heavy atom. The molecule has 1 amide bonds. The highest BCUT2D eigenvalue weighted by molar-refractivity contribution is 5.95. The lowest BCUT2D eigenvalue weighted by molar-refractivity contribution is 0.0137. The summed E-state index contributed by atoms with van der Waals surface area (Å²) in [7, 11) is 1.66. The second-order valence-corrected chi connectivity index (χ2v) is 5.21. The molecule has 1 heterocycles. The van der Waals surface area contributed by atoms with Crippen molar-refractivity contribution in [3.05, 3.63) is 35.1 Å². The van der Waals surface area contributed by atoms with Crippen LogP contribution in [0, 0.1) is 12.7 Å². The van der Waals surface area contributed by atoms with Crippen LogP contribution in [0.4, 0.5) is 4.39 Å². The number of ether oxygens (including phenoxy) is 1. The number of hydrogen-bond acceptors (Lipinski definition) is 3. The average molecular weight is 317 g/mol. The highest BCUT2D eigenvalue weighted by Crippen LogP contribution is 2.23. The molecule has 21 heavy (non-hydrogen) atoms. The van der Waals surface area contributed by atoms with Gasteiger partial charge in [0.05, 0.1) is 11.7 Å². The molecule has 4 nitrogen and oxygen atoms in total. The van der Waals surface area contributed by atoms with Crippen LogP contribution in [0.5, 0.6) is 0 Å². The van der Waals surface area contributed by atoms with Crippen LogP contribution in [-0.2, 0) is 4.74 Å². The maximum Gasteiger partial charge on any atom is 0.257 e. The maximum absolute atomic E-state index is 14.1. The topological polar surface area (TPSA) is 55.6 Å². The van der Waals surface area contributed by atoms with Gasteiger partial charge in [-0.1, -0.05) is 12.1 Å². The van der Waals surface area contributed by atoms with Gasteiger partial charge in [-0.25, -0.2) is 4.39 Å². The minimum absolute atomic E-state index is 0. The highest BCUT2D eigenvalue weighted by atomic mass is 35.5. The standard InChI is InChI=1S/C15H21FN2O2.ClH/c1-10-4-3-5-13(14(10)16)15(19)18-7-6-12(20-2)8-11(18)9-17;/h3-5,11-12H,6-9,17H2,1-2H3;1H. The third-order valence-electron chi connectivity index (χ3n) is 3.96. The largest absolute Gasteiger partial charge is 0.381 e. The lowest BCUT2D eigenvalue weighted by Gasteiger charge is -2.38. The molecular formula is C15H22ClFN2O2. The van der Waals surface area contributed by atoms with Crippen molar-refractivity contribution in [2.75, 3.05) is 20.2 Å². The van der Waals surface area contributed by atoms with Gasteiger partial charge >= 0.3 is 0 Å². The minimum atomic E-state index is -0.442. The first-order chi connectivity index (χ1) is 9.58. The minimum Gasteiger partial charge on any atom is -0.381 e. The van der Waals surface area contributed by atoms with Gasteiger partial charge < -0.3 is 15.4 Å². The molecule has 1 fully saturated rings. The second kappa shape index (κ2) is 7.73. The molecule has 1 aliphatic heterocycles. The first kappa shape index (κ1) is 17.9. The van der Waals surface area contributed by atoms with Gasteiger partial charge in [-0.15, -0.1) is 12.4 Å². The number of hydrogen-bond donors (Lipinski definition) is 1. The number of nitrogens with zero attached hydrogens (tertiary/aromatic N) is 1. The van der Waals surface area contributed by atoms with Crippen LogP contribution in [0.25, 0.3) is 0 Å². The molecule has 1 aliphatic rings. The van der Waals surface area contributed by atoms with E-state index >= 15 is 0 Å². The van der Waals surface area contributed by atoms with Gasteiger partial charge in [0.2, 0.25) is 0 Å². The predicted molar refractivity (Wildman–Crippen MR) is 82.3 cm³/mol. The lowest BCUT2D eigenvalue weighted by Crippen LogP contribution is -2.51. The Morgan fingerprint density at radius 1 is 1.52 bits per heavy atom. The Hall–Kier alpha value is -1.17. The predicted octanol–water partition coefficient (Wildman–Crippen LogP) is 2.13. The van der Waals surface area contributed by atoms with Crippen molar-refractivity contribution in [2.45, 2.75) is 31.9 Å². The van der Waals surface area contributed by atoms with Crippen LogP contribution in [0.1, 0.15) is 28.8 Å². The molecule has 2 atom stereocenters. The van der Waals surface area contributed by atoms with E-state index in [9.17, 15) is 9.18 Å². The van der Waals surface area contributed by atoms with E-state index in [4.69, 9.17) is 10.5 Å². The van der Waals surface area contributed by atoms with Crippen LogP contribution < -0.4 is 5.73 Å². The van der Waals surface area contributed by atoms with E-state index in [1.165, 1.54) is 6.07 Å². The molecule has 1 aromatic carbocycles. The Bertz CT molecular complexity index is 499. The van der Waals surface area contributed by atoms with Crippen molar-refractivity contribution < 1.29 is 13.9 Å². The highest BCUT2D eigenvalue weighted by Gasteiger charge is 2.32.